The summed E-state index contributed by atoms with van der Waals surface area (Å²) in [5.74, 6) is 4.94. The van der Waals surface area contributed by atoms with E-state index in [1.54, 1.807) is 0 Å². The number of nitrogens with two attached hydrogens (primary N) is 1. The van der Waals surface area contributed by atoms with Crippen LogP contribution in [0.2, 0.25) is 0 Å². The Morgan fingerprint density at radius 1 is 1.05 bits per heavy atom. The first-order valence-corrected chi connectivity index (χ1v) is 9.03. The number of amides is 1. The Morgan fingerprint density at radius 2 is 1.73 bits per heavy atom. The van der Waals surface area contributed by atoms with Crippen molar-refractivity contribution in [2.45, 2.75) is 96.5 Å². The van der Waals surface area contributed by atoms with E-state index < -0.39 is 0 Å². The number of hydrogen-bond donors (Lipinski definition) is 3. The van der Waals surface area contributed by atoms with Crippen molar-refractivity contribution in [2.24, 2.45) is 5.84 Å². The van der Waals surface area contributed by atoms with Crippen LogP contribution < -0.4 is 11.3 Å². The third-order valence-electron chi connectivity index (χ3n) is 3.90. The summed E-state index contributed by atoms with van der Waals surface area (Å²) >= 11 is 0. The molecule has 0 spiro atoms. The first kappa shape index (κ1) is 21.1. The SMILES string of the molecule is CCCCCC[C@@H](O)CC=CCCCCCCCC(=O)NN. The second-order valence-electron chi connectivity index (χ2n) is 6.08. The fourth-order valence-electron chi connectivity index (χ4n) is 2.45. The lowest BCUT2D eigenvalue weighted by molar-refractivity contribution is -0.121. The standard InChI is InChI=1S/C18H36N2O2/c1-2-3-4-11-14-17(21)15-12-9-7-5-6-8-10-13-16-18(22)20-19/h9,12,17,21H,2-8,10-11,13-16,19H2,1H3,(H,20,22)/t17-/m1/s1. The average molecular weight is 312 g/mol. The van der Waals surface area contributed by atoms with E-state index in [-0.39, 0.29) is 12.0 Å². The molecule has 0 bridgehead atoms. The van der Waals surface area contributed by atoms with E-state index in [2.05, 4.69) is 24.5 Å². The van der Waals surface area contributed by atoms with Crippen molar-refractivity contribution in [3.8, 4) is 0 Å². The van der Waals surface area contributed by atoms with Crippen LogP contribution in [0.5, 0.6) is 0 Å². The van der Waals surface area contributed by atoms with Crippen molar-refractivity contribution >= 4 is 5.91 Å². The predicted octanol–water partition coefficient (Wildman–Crippen LogP) is 3.98. The van der Waals surface area contributed by atoms with Crippen molar-refractivity contribution < 1.29 is 9.90 Å². The molecule has 4 N–H and O–H groups in total. The van der Waals surface area contributed by atoms with Crippen molar-refractivity contribution in [1.29, 1.82) is 0 Å². The van der Waals surface area contributed by atoms with Crippen LogP contribution in [0.15, 0.2) is 12.2 Å². The Hall–Kier alpha value is -0.870. The van der Waals surface area contributed by atoms with Gasteiger partial charge in [-0.25, -0.2) is 5.84 Å². The first-order chi connectivity index (χ1) is 10.7. The maximum atomic E-state index is 10.9. The zero-order valence-corrected chi connectivity index (χ0v) is 14.4. The summed E-state index contributed by atoms with van der Waals surface area (Å²) in [5, 5.41) is 9.82. The number of hydrogen-bond acceptors (Lipinski definition) is 3. The lowest BCUT2D eigenvalue weighted by atomic mass is 10.1. The Kier molecular flexibility index (Phi) is 15.8. The third kappa shape index (κ3) is 15.5. The van der Waals surface area contributed by atoms with Gasteiger partial charge in [-0.1, -0.05) is 64.0 Å². The summed E-state index contributed by atoms with van der Waals surface area (Å²) in [7, 11) is 0. The zero-order valence-electron chi connectivity index (χ0n) is 14.4. The number of aliphatic hydroxyl groups is 1. The Morgan fingerprint density at radius 3 is 2.45 bits per heavy atom. The van der Waals surface area contributed by atoms with Gasteiger partial charge in [0.05, 0.1) is 6.10 Å². The molecule has 0 saturated heterocycles. The maximum absolute atomic E-state index is 10.9. The van der Waals surface area contributed by atoms with Crippen LogP contribution >= 0.6 is 0 Å². The largest absolute Gasteiger partial charge is 0.393 e. The van der Waals surface area contributed by atoms with Crippen LogP contribution in [0.1, 0.15) is 90.4 Å². The normalized spacial score (nSPS) is 12.7. The lowest BCUT2D eigenvalue weighted by Crippen LogP contribution is -2.29. The second-order valence-corrected chi connectivity index (χ2v) is 6.08. The molecular formula is C18H36N2O2. The van der Waals surface area contributed by atoms with Gasteiger partial charge in [0.2, 0.25) is 5.91 Å². The predicted molar refractivity (Wildman–Crippen MR) is 93.2 cm³/mol. The number of hydrazine groups is 1. The molecular weight excluding hydrogens is 276 g/mol. The zero-order chi connectivity index (χ0) is 16.5. The van der Waals surface area contributed by atoms with Gasteiger partial charge in [0.25, 0.3) is 0 Å². The summed E-state index contributed by atoms with van der Waals surface area (Å²) in [6.07, 6.45) is 18.0. The molecule has 1 atom stereocenters. The number of carbonyl (C=O) groups excluding carboxylic acids is 1. The summed E-state index contributed by atoms with van der Waals surface area (Å²) in [6.45, 7) is 2.20. The minimum atomic E-state index is -0.165. The Labute approximate surface area is 136 Å². The van der Waals surface area contributed by atoms with Crippen LogP contribution in [-0.4, -0.2) is 17.1 Å². The van der Waals surface area contributed by atoms with E-state index in [0.717, 1.165) is 38.5 Å². The highest BCUT2D eigenvalue weighted by Gasteiger charge is 2.00. The monoisotopic (exact) mass is 312 g/mol. The Bertz CT molecular complexity index is 280. The van der Waals surface area contributed by atoms with E-state index in [1.807, 2.05) is 0 Å². The van der Waals surface area contributed by atoms with Gasteiger partial charge in [-0.2, -0.15) is 0 Å². The summed E-state index contributed by atoms with van der Waals surface area (Å²) in [5.41, 5.74) is 2.15. The molecule has 0 aromatic rings. The lowest BCUT2D eigenvalue weighted by Gasteiger charge is -2.07. The molecule has 0 aliphatic rings. The molecule has 0 aromatic heterocycles. The van der Waals surface area contributed by atoms with E-state index in [1.165, 1.54) is 38.5 Å². The topological polar surface area (TPSA) is 75.3 Å². The van der Waals surface area contributed by atoms with E-state index in [9.17, 15) is 9.90 Å². The fraction of sp³-hybridized carbons (Fsp3) is 0.833. The first-order valence-electron chi connectivity index (χ1n) is 9.03. The molecule has 1 amide bonds. The number of carbonyl (C=O) groups is 1. The minimum Gasteiger partial charge on any atom is -0.393 e. The number of nitrogens with one attached hydrogen (secondary N) is 1. The molecule has 22 heavy (non-hydrogen) atoms. The number of unbranched alkanes of at least 4 members (excludes halogenated alkanes) is 8. The van der Waals surface area contributed by atoms with Crippen molar-refractivity contribution in [1.82, 2.24) is 5.43 Å². The van der Waals surface area contributed by atoms with Crippen molar-refractivity contribution in [3.63, 3.8) is 0 Å². The molecule has 0 radical (unpaired) electrons. The van der Waals surface area contributed by atoms with Gasteiger partial charge in [-0.15, -0.1) is 0 Å². The smallest absolute Gasteiger partial charge is 0.233 e. The quantitative estimate of drug-likeness (QED) is 0.141. The molecule has 0 aromatic carbocycles. The molecule has 0 heterocycles. The van der Waals surface area contributed by atoms with Gasteiger partial charge in [-0.05, 0) is 32.1 Å². The van der Waals surface area contributed by atoms with Gasteiger partial charge >= 0.3 is 0 Å². The molecule has 0 fully saturated rings. The molecule has 0 aliphatic heterocycles. The summed E-state index contributed by atoms with van der Waals surface area (Å²) in [4.78, 5) is 10.9. The molecule has 0 saturated carbocycles. The number of allylic oxidation sites excluding steroid dienone is 1. The highest BCUT2D eigenvalue weighted by molar-refractivity contribution is 5.74. The van der Waals surface area contributed by atoms with Crippen LogP contribution in [0, 0.1) is 0 Å². The van der Waals surface area contributed by atoms with Crippen LogP contribution in [0.3, 0.4) is 0 Å². The van der Waals surface area contributed by atoms with E-state index in [0.29, 0.717) is 6.42 Å². The van der Waals surface area contributed by atoms with Crippen LogP contribution in [0.25, 0.3) is 0 Å². The van der Waals surface area contributed by atoms with E-state index >= 15 is 0 Å². The molecule has 0 aliphatic carbocycles. The average Bonchev–Trinajstić information content (AvgIpc) is 2.53. The minimum absolute atomic E-state index is 0.0730. The third-order valence-corrected chi connectivity index (χ3v) is 3.90. The van der Waals surface area contributed by atoms with Gasteiger partial charge < -0.3 is 5.11 Å². The highest BCUT2D eigenvalue weighted by Crippen LogP contribution is 2.10. The van der Waals surface area contributed by atoms with Gasteiger partial charge in [-0.3, -0.25) is 10.2 Å². The van der Waals surface area contributed by atoms with Crippen molar-refractivity contribution in [3.05, 3.63) is 12.2 Å². The molecule has 4 nitrogen and oxygen atoms in total. The molecule has 130 valence electrons. The second kappa shape index (κ2) is 16.5. The molecule has 4 heteroatoms. The van der Waals surface area contributed by atoms with Crippen LogP contribution in [0.4, 0.5) is 0 Å². The number of rotatable bonds is 15. The van der Waals surface area contributed by atoms with Gasteiger partial charge in [0, 0.05) is 6.42 Å². The van der Waals surface area contributed by atoms with Gasteiger partial charge in [0.1, 0.15) is 0 Å². The molecule has 0 rings (SSSR count). The summed E-state index contributed by atoms with van der Waals surface area (Å²) < 4.78 is 0. The Balaban J connectivity index is 3.28. The highest BCUT2D eigenvalue weighted by atomic mass is 16.3. The van der Waals surface area contributed by atoms with E-state index in [4.69, 9.17) is 5.84 Å². The van der Waals surface area contributed by atoms with Crippen molar-refractivity contribution in [2.75, 3.05) is 0 Å². The van der Waals surface area contributed by atoms with Gasteiger partial charge in [0.15, 0.2) is 0 Å². The fourth-order valence-corrected chi connectivity index (χ4v) is 2.45. The maximum Gasteiger partial charge on any atom is 0.233 e. The number of aliphatic hydroxyl groups excluding tert-OH is 1. The molecule has 0 unspecified atom stereocenters. The van der Waals surface area contributed by atoms with Crippen LogP contribution in [-0.2, 0) is 4.79 Å². The summed E-state index contributed by atoms with van der Waals surface area (Å²) in [6, 6.07) is 0.